The largest absolute Gasteiger partial charge is 0.444 e. The summed E-state index contributed by atoms with van der Waals surface area (Å²) in [5, 5.41) is 26.3. The molecule has 0 unspecified atom stereocenters. The van der Waals surface area contributed by atoms with Crippen LogP contribution in [-0.2, 0) is 31.9 Å². The van der Waals surface area contributed by atoms with Gasteiger partial charge in [-0.25, -0.2) is 28.3 Å². The van der Waals surface area contributed by atoms with Crippen LogP contribution in [0, 0.1) is 34.3 Å². The number of halogens is 3. The minimum absolute atomic E-state index is 0.0270. The molecule has 4 heterocycles. The van der Waals surface area contributed by atoms with Gasteiger partial charge in [0.25, 0.3) is 0 Å². The first-order chi connectivity index (χ1) is 33.7. The number of nitrogens with one attached hydrogen (secondary N) is 3. The standard InChI is InChI=1S/C26H32FN5O3.C20H30FN3O3.C6H3ClN2/c1-26(2,3)35-25(34)31-20(13-19-7-4-5-9-22(19)27)14-24(33)32-12-6-8-21(32)17-30-23-11-10-18(15-28)16-29-23;1-20(2,3)27-19(26)23-15(11-14-7-4-5-9-17(14)21)12-18(25)24-10-6-8-16(24)13-22;7-6-2-1-5(3-8)4-9-6/h4-5,7,9-11,16,20-21H,6,8,12-14,17H2,1-3H3,(H,29,30)(H,31,34);4-5,7,9,15-16H,6,8,10-13,22H2,1-3H3,(H,23,26);1-2,4H/t20-,21+;15-,16+;/m11./s1. The van der Waals surface area contributed by atoms with E-state index in [-0.39, 0.29) is 61.2 Å². The number of aromatic nitrogens is 2. The summed E-state index contributed by atoms with van der Waals surface area (Å²) in [7, 11) is 0. The number of carbonyl (C=O) groups is 4. The van der Waals surface area contributed by atoms with Crippen LogP contribution in [0.4, 0.5) is 24.2 Å². The highest BCUT2D eigenvalue weighted by molar-refractivity contribution is 6.29. The minimum atomic E-state index is -0.693. The lowest BCUT2D eigenvalue weighted by Gasteiger charge is -2.28. The van der Waals surface area contributed by atoms with Crippen LogP contribution < -0.4 is 21.7 Å². The van der Waals surface area contributed by atoms with E-state index in [4.69, 9.17) is 37.3 Å². The molecule has 6 rings (SSSR count). The number of hydrogen-bond donors (Lipinski definition) is 4. The maximum atomic E-state index is 14.3. The van der Waals surface area contributed by atoms with E-state index in [1.165, 1.54) is 24.5 Å². The zero-order valence-corrected chi connectivity index (χ0v) is 42.0. The first-order valence-corrected chi connectivity index (χ1v) is 23.9. The van der Waals surface area contributed by atoms with Crippen molar-refractivity contribution in [3.05, 3.63) is 124 Å². The fraction of sp³-hybridized carbons (Fsp3) is 0.462. The van der Waals surface area contributed by atoms with Crippen molar-refractivity contribution in [1.82, 2.24) is 30.4 Å². The van der Waals surface area contributed by atoms with Crippen LogP contribution >= 0.6 is 11.6 Å². The lowest BCUT2D eigenvalue weighted by Crippen LogP contribution is -2.46. The van der Waals surface area contributed by atoms with Gasteiger partial charge in [0.1, 0.15) is 45.9 Å². The number of hydrogen-bond acceptors (Lipinski definition) is 12. The number of ether oxygens (including phenoxy) is 2. The number of benzene rings is 2. The van der Waals surface area contributed by atoms with E-state index in [2.05, 4.69) is 25.9 Å². The summed E-state index contributed by atoms with van der Waals surface area (Å²) in [6, 6.07) is 22.1. The summed E-state index contributed by atoms with van der Waals surface area (Å²) >= 11 is 5.45. The highest BCUT2D eigenvalue weighted by atomic mass is 35.5. The van der Waals surface area contributed by atoms with Gasteiger partial charge >= 0.3 is 12.2 Å². The zero-order valence-electron chi connectivity index (χ0n) is 41.2. The van der Waals surface area contributed by atoms with E-state index in [0.717, 1.165) is 25.7 Å². The molecule has 4 aromatic rings. The predicted molar refractivity (Wildman–Crippen MR) is 266 cm³/mol. The fourth-order valence-corrected chi connectivity index (χ4v) is 7.94. The van der Waals surface area contributed by atoms with Gasteiger partial charge in [0, 0.05) is 75.6 Å². The van der Waals surface area contributed by atoms with Gasteiger partial charge in [0.05, 0.1) is 11.1 Å². The van der Waals surface area contributed by atoms with Gasteiger partial charge in [0.15, 0.2) is 0 Å². The molecule has 2 fully saturated rings. The Morgan fingerprint density at radius 3 is 1.58 bits per heavy atom. The molecule has 16 nitrogen and oxygen atoms in total. The average Bonchev–Trinajstić information content (AvgIpc) is 4.00. The molecule has 380 valence electrons. The second kappa shape index (κ2) is 27.5. The van der Waals surface area contributed by atoms with Gasteiger partial charge < -0.3 is 41.0 Å². The van der Waals surface area contributed by atoms with E-state index in [9.17, 15) is 28.0 Å². The number of amides is 4. The van der Waals surface area contributed by atoms with Crippen molar-refractivity contribution < 1.29 is 37.4 Å². The van der Waals surface area contributed by atoms with Crippen molar-refractivity contribution in [3.63, 3.8) is 0 Å². The van der Waals surface area contributed by atoms with Crippen LogP contribution in [0.25, 0.3) is 0 Å². The molecule has 71 heavy (non-hydrogen) atoms. The summed E-state index contributed by atoms with van der Waals surface area (Å²) in [6.45, 7) is 12.8. The van der Waals surface area contributed by atoms with Crippen molar-refractivity contribution >= 4 is 41.4 Å². The number of anilines is 1. The summed E-state index contributed by atoms with van der Waals surface area (Å²) in [6.07, 6.45) is 5.67. The van der Waals surface area contributed by atoms with Crippen molar-refractivity contribution in [2.24, 2.45) is 5.73 Å². The molecule has 2 aliphatic rings. The minimum Gasteiger partial charge on any atom is -0.444 e. The van der Waals surface area contributed by atoms with Gasteiger partial charge in [0.2, 0.25) is 11.8 Å². The van der Waals surface area contributed by atoms with E-state index >= 15 is 0 Å². The number of nitrogens with zero attached hydrogens (tertiary/aromatic N) is 6. The number of nitrogens with two attached hydrogens (primary N) is 1. The second-order valence-electron chi connectivity index (χ2n) is 19.1. The average molecular weight is 1000 g/mol. The molecule has 0 saturated carbocycles. The monoisotopic (exact) mass is 998 g/mol. The molecule has 0 spiro atoms. The molecule has 4 atom stereocenters. The van der Waals surface area contributed by atoms with Crippen molar-refractivity contribution in [2.45, 2.75) is 128 Å². The summed E-state index contributed by atoms with van der Waals surface area (Å²) in [5.74, 6) is -0.303. The number of pyridine rings is 2. The Morgan fingerprint density at radius 2 is 1.17 bits per heavy atom. The van der Waals surface area contributed by atoms with Crippen molar-refractivity contribution in [2.75, 3.05) is 31.5 Å². The number of carbonyl (C=O) groups excluding carboxylic acids is 4. The Morgan fingerprint density at radius 1 is 0.718 bits per heavy atom. The van der Waals surface area contributed by atoms with Crippen molar-refractivity contribution in [1.29, 1.82) is 10.5 Å². The van der Waals surface area contributed by atoms with E-state index in [0.29, 0.717) is 59.4 Å². The Labute approximate surface area is 420 Å². The van der Waals surface area contributed by atoms with Gasteiger partial charge in [-0.2, -0.15) is 10.5 Å². The smallest absolute Gasteiger partial charge is 0.407 e. The summed E-state index contributed by atoms with van der Waals surface area (Å²) in [5.41, 5.74) is 6.28. The quantitative estimate of drug-likeness (QED) is 0.0876. The Balaban J connectivity index is 0.000000268. The summed E-state index contributed by atoms with van der Waals surface area (Å²) < 4.78 is 39.0. The Kier molecular flexibility index (Phi) is 22.0. The molecule has 0 bridgehead atoms. The summed E-state index contributed by atoms with van der Waals surface area (Å²) in [4.78, 5) is 62.1. The van der Waals surface area contributed by atoms with Gasteiger partial charge in [-0.15, -0.1) is 0 Å². The van der Waals surface area contributed by atoms with Crippen LogP contribution in [0.5, 0.6) is 0 Å². The Bertz CT molecular complexity index is 2460. The molecule has 4 amide bonds. The van der Waals surface area contributed by atoms with Crippen molar-refractivity contribution in [3.8, 4) is 12.1 Å². The third-order valence-electron chi connectivity index (χ3n) is 11.1. The highest BCUT2D eigenvalue weighted by Gasteiger charge is 2.33. The molecular weight excluding hydrogens is 934 g/mol. The van der Waals surface area contributed by atoms with Crippen LogP contribution in [0.2, 0.25) is 5.15 Å². The SMILES string of the molecule is CC(C)(C)OC(=O)N[C@@H](CC(=O)N1CCC[C@H]1CN)Cc1ccccc1F.CC(C)(C)OC(=O)N[C@@H](CC(=O)N1CCC[C@H]1CNc1ccc(C#N)cn1)Cc1ccccc1F.N#Cc1ccc(Cl)nc1. The van der Waals surface area contributed by atoms with Gasteiger partial charge in [-0.1, -0.05) is 48.0 Å². The first kappa shape index (κ1) is 56.7. The number of nitriles is 2. The Hall–Kier alpha value is -6.89. The molecule has 19 heteroatoms. The molecule has 2 saturated heterocycles. The number of rotatable bonds is 14. The lowest BCUT2D eigenvalue weighted by molar-refractivity contribution is -0.133. The molecule has 5 N–H and O–H groups in total. The molecule has 0 radical (unpaired) electrons. The van der Waals surface area contributed by atoms with Crippen LogP contribution in [0.15, 0.2) is 85.2 Å². The normalized spacial score (nSPS) is 16.1. The maximum Gasteiger partial charge on any atom is 0.407 e. The lowest BCUT2D eigenvalue weighted by atomic mass is 10.0. The van der Waals surface area contributed by atoms with E-state index in [1.807, 2.05) is 17.0 Å². The number of likely N-dealkylation sites (tertiary alicyclic amines) is 2. The van der Waals surface area contributed by atoms with E-state index in [1.54, 1.807) is 107 Å². The second-order valence-corrected chi connectivity index (χ2v) is 19.5. The third-order valence-corrected chi connectivity index (χ3v) is 11.3. The molecule has 2 aromatic heterocycles. The van der Waals surface area contributed by atoms with Crippen LogP contribution in [0.1, 0.15) is 102 Å². The van der Waals surface area contributed by atoms with Crippen LogP contribution in [-0.4, -0.2) is 105 Å². The maximum absolute atomic E-state index is 14.3. The van der Waals surface area contributed by atoms with Gasteiger partial charge in [-0.05, 0) is 128 Å². The molecule has 2 aliphatic heterocycles. The first-order valence-electron chi connectivity index (χ1n) is 23.5. The molecule has 0 aliphatic carbocycles. The molecule has 2 aromatic carbocycles. The van der Waals surface area contributed by atoms with Crippen LogP contribution in [0.3, 0.4) is 0 Å². The third kappa shape index (κ3) is 20.2. The molecular formula is C52H65ClF2N10O6. The van der Waals surface area contributed by atoms with Gasteiger partial charge in [-0.3, -0.25) is 9.59 Å². The topological polar surface area (TPSA) is 229 Å². The zero-order chi connectivity index (χ0) is 52.1. The predicted octanol–water partition coefficient (Wildman–Crippen LogP) is 8.23. The fourth-order valence-electron chi connectivity index (χ4n) is 7.83. The number of alkyl carbamates (subject to hydrolysis) is 2. The van der Waals surface area contributed by atoms with E-state index < -0.39 is 35.5 Å². The highest BCUT2D eigenvalue weighted by Crippen LogP contribution is 2.23.